The van der Waals surface area contributed by atoms with E-state index in [2.05, 4.69) is 22.1 Å². The molecule has 17 heavy (non-hydrogen) atoms. The Hall–Kier alpha value is -1.86. The number of nitrogens with one attached hydrogen (secondary N) is 1. The average Bonchev–Trinajstić information content (AvgIpc) is 3.04. The fourth-order valence-electron chi connectivity index (χ4n) is 1.39. The Bertz CT molecular complexity index is 478. The minimum atomic E-state index is -0.180. The molecule has 1 fully saturated rings. The number of aromatic nitrogens is 1. The Morgan fingerprint density at radius 3 is 2.88 bits per heavy atom. The number of aliphatic hydroxyl groups is 1. The maximum atomic E-state index is 11.8. The smallest absolute Gasteiger partial charge is 0.270 e. The van der Waals surface area contributed by atoms with Crippen LogP contribution in [-0.4, -0.2) is 28.1 Å². The molecule has 1 aliphatic rings. The van der Waals surface area contributed by atoms with Crippen LogP contribution in [0.2, 0.25) is 0 Å². The number of amides is 1. The van der Waals surface area contributed by atoms with Gasteiger partial charge >= 0.3 is 0 Å². The maximum Gasteiger partial charge on any atom is 0.270 e. The Kier molecular flexibility index (Phi) is 3.12. The summed E-state index contributed by atoms with van der Waals surface area (Å²) in [6.45, 7) is 1.84. The van der Waals surface area contributed by atoms with Crippen LogP contribution in [0.15, 0.2) is 18.3 Å². The Morgan fingerprint density at radius 1 is 1.59 bits per heavy atom. The van der Waals surface area contributed by atoms with E-state index in [4.69, 9.17) is 5.11 Å². The third-order valence-corrected chi connectivity index (χ3v) is 2.72. The molecular formula is C13H14N2O2. The molecule has 2 N–H and O–H groups in total. The largest absolute Gasteiger partial charge is 0.384 e. The second-order valence-corrected chi connectivity index (χ2v) is 4.41. The fourth-order valence-corrected chi connectivity index (χ4v) is 1.39. The molecule has 0 saturated heterocycles. The molecule has 1 aliphatic carbocycles. The highest BCUT2D eigenvalue weighted by Gasteiger charge is 2.38. The zero-order chi connectivity index (χ0) is 12.3. The predicted molar refractivity (Wildman–Crippen MR) is 63.3 cm³/mol. The fraction of sp³-hybridized carbons (Fsp3) is 0.385. The standard InChI is InChI=1S/C13H14N2O2/c1-13(6-7-13)15-12(17)11-5-4-10(9-14-11)3-2-8-16/h4-5,9,16H,6-8H2,1H3,(H,15,17). The minimum Gasteiger partial charge on any atom is -0.384 e. The molecule has 4 nitrogen and oxygen atoms in total. The molecule has 1 amide bonds. The predicted octanol–water partition coefficient (Wildman–Crippen LogP) is 0.708. The number of carbonyl (C=O) groups excluding carboxylic acids is 1. The summed E-state index contributed by atoms with van der Waals surface area (Å²) in [5.41, 5.74) is 1.05. The van der Waals surface area contributed by atoms with Crippen molar-refractivity contribution in [2.75, 3.05) is 6.61 Å². The van der Waals surface area contributed by atoms with E-state index in [0.29, 0.717) is 11.3 Å². The zero-order valence-corrected chi connectivity index (χ0v) is 9.66. The van der Waals surface area contributed by atoms with E-state index in [-0.39, 0.29) is 18.1 Å². The van der Waals surface area contributed by atoms with Gasteiger partial charge in [0.05, 0.1) is 0 Å². The average molecular weight is 230 g/mol. The van der Waals surface area contributed by atoms with Gasteiger partial charge in [-0.05, 0) is 31.9 Å². The van der Waals surface area contributed by atoms with Crippen molar-refractivity contribution in [2.45, 2.75) is 25.3 Å². The molecule has 88 valence electrons. The number of hydrogen-bond donors (Lipinski definition) is 2. The molecule has 0 unspecified atom stereocenters. The van der Waals surface area contributed by atoms with Gasteiger partial charge < -0.3 is 10.4 Å². The van der Waals surface area contributed by atoms with Crippen molar-refractivity contribution in [3.8, 4) is 11.8 Å². The molecule has 0 bridgehead atoms. The van der Waals surface area contributed by atoms with E-state index in [1.165, 1.54) is 6.20 Å². The number of hydrogen-bond acceptors (Lipinski definition) is 3. The molecule has 1 aromatic rings. The van der Waals surface area contributed by atoms with Crippen molar-refractivity contribution in [3.63, 3.8) is 0 Å². The van der Waals surface area contributed by atoms with E-state index in [0.717, 1.165) is 12.8 Å². The van der Waals surface area contributed by atoms with Crippen LogP contribution in [0.3, 0.4) is 0 Å². The first-order valence-electron chi connectivity index (χ1n) is 5.51. The number of pyridine rings is 1. The third-order valence-electron chi connectivity index (χ3n) is 2.72. The van der Waals surface area contributed by atoms with E-state index in [1.54, 1.807) is 12.1 Å². The number of nitrogens with zero attached hydrogens (tertiary/aromatic N) is 1. The summed E-state index contributed by atoms with van der Waals surface area (Å²) in [5, 5.41) is 11.5. The van der Waals surface area contributed by atoms with Gasteiger partial charge in [0.25, 0.3) is 5.91 Å². The zero-order valence-electron chi connectivity index (χ0n) is 9.66. The monoisotopic (exact) mass is 230 g/mol. The van der Waals surface area contributed by atoms with Gasteiger partial charge in [0, 0.05) is 17.3 Å². The van der Waals surface area contributed by atoms with Crippen molar-refractivity contribution >= 4 is 5.91 Å². The second-order valence-electron chi connectivity index (χ2n) is 4.41. The molecule has 0 aliphatic heterocycles. The molecule has 1 heterocycles. The highest BCUT2D eigenvalue weighted by molar-refractivity contribution is 5.93. The van der Waals surface area contributed by atoms with Crippen LogP contribution >= 0.6 is 0 Å². The third kappa shape index (κ3) is 3.05. The van der Waals surface area contributed by atoms with Crippen LogP contribution in [0.4, 0.5) is 0 Å². The van der Waals surface area contributed by atoms with E-state index in [9.17, 15) is 4.79 Å². The van der Waals surface area contributed by atoms with Crippen LogP contribution in [0.5, 0.6) is 0 Å². The minimum absolute atomic E-state index is 0.0336. The van der Waals surface area contributed by atoms with Gasteiger partial charge in [0.15, 0.2) is 0 Å². The summed E-state index contributed by atoms with van der Waals surface area (Å²) < 4.78 is 0. The summed E-state index contributed by atoms with van der Waals surface area (Å²) in [4.78, 5) is 15.8. The van der Waals surface area contributed by atoms with E-state index >= 15 is 0 Å². The lowest BCUT2D eigenvalue weighted by Gasteiger charge is -2.10. The first-order chi connectivity index (χ1) is 8.13. The van der Waals surface area contributed by atoms with Crippen LogP contribution < -0.4 is 5.32 Å². The van der Waals surface area contributed by atoms with Gasteiger partial charge in [0.2, 0.25) is 0 Å². The quantitative estimate of drug-likeness (QED) is 0.735. The van der Waals surface area contributed by atoms with Gasteiger partial charge in [-0.25, -0.2) is 4.98 Å². The lowest BCUT2D eigenvalue weighted by Crippen LogP contribution is -2.34. The molecule has 4 heteroatoms. The molecule has 1 aromatic heterocycles. The van der Waals surface area contributed by atoms with Crippen LogP contribution in [0.25, 0.3) is 0 Å². The van der Waals surface area contributed by atoms with E-state index < -0.39 is 0 Å². The molecule has 1 saturated carbocycles. The molecule has 0 spiro atoms. The second kappa shape index (κ2) is 4.56. The van der Waals surface area contributed by atoms with Crippen molar-refractivity contribution in [2.24, 2.45) is 0 Å². The maximum absolute atomic E-state index is 11.8. The van der Waals surface area contributed by atoms with E-state index in [1.807, 2.05) is 6.92 Å². The molecule has 0 radical (unpaired) electrons. The lowest BCUT2D eigenvalue weighted by molar-refractivity contribution is 0.0930. The van der Waals surface area contributed by atoms with Crippen molar-refractivity contribution < 1.29 is 9.90 Å². The van der Waals surface area contributed by atoms with Gasteiger partial charge in [-0.15, -0.1) is 0 Å². The summed E-state index contributed by atoms with van der Waals surface area (Å²) >= 11 is 0. The molecule has 2 rings (SSSR count). The van der Waals surface area contributed by atoms with Crippen LogP contribution in [0.1, 0.15) is 35.8 Å². The van der Waals surface area contributed by atoms with Gasteiger partial charge in [-0.3, -0.25) is 4.79 Å². The van der Waals surface area contributed by atoms with Crippen molar-refractivity contribution in [1.29, 1.82) is 0 Å². The topological polar surface area (TPSA) is 62.2 Å². The molecule has 0 atom stereocenters. The van der Waals surface area contributed by atoms with Crippen molar-refractivity contribution in [1.82, 2.24) is 10.3 Å². The SMILES string of the molecule is CC1(NC(=O)c2ccc(C#CCO)cn2)CC1. The Balaban J connectivity index is 2.04. The first-order valence-corrected chi connectivity index (χ1v) is 5.51. The Morgan fingerprint density at radius 2 is 2.35 bits per heavy atom. The van der Waals surface area contributed by atoms with Crippen molar-refractivity contribution in [3.05, 3.63) is 29.6 Å². The summed E-state index contributed by atoms with van der Waals surface area (Å²) in [6, 6.07) is 3.36. The highest BCUT2D eigenvalue weighted by Crippen LogP contribution is 2.34. The first kappa shape index (κ1) is 11.6. The lowest BCUT2D eigenvalue weighted by atomic mass is 10.2. The summed E-state index contributed by atoms with van der Waals surface area (Å²) in [5.74, 6) is 5.11. The molecule has 0 aromatic carbocycles. The summed E-state index contributed by atoms with van der Waals surface area (Å²) in [7, 11) is 0. The van der Waals surface area contributed by atoms with Crippen LogP contribution in [-0.2, 0) is 0 Å². The van der Waals surface area contributed by atoms with Gasteiger partial charge in [-0.2, -0.15) is 0 Å². The highest BCUT2D eigenvalue weighted by atomic mass is 16.2. The normalized spacial score (nSPS) is 15.6. The number of carbonyl (C=O) groups is 1. The van der Waals surface area contributed by atoms with Gasteiger partial charge in [0.1, 0.15) is 12.3 Å². The number of aliphatic hydroxyl groups excluding tert-OH is 1. The number of rotatable bonds is 2. The Labute approximate surface area is 100 Å². The van der Waals surface area contributed by atoms with Crippen LogP contribution in [0, 0.1) is 11.8 Å². The van der Waals surface area contributed by atoms with Gasteiger partial charge in [-0.1, -0.05) is 11.8 Å². The molecular weight excluding hydrogens is 216 g/mol. The summed E-state index contributed by atoms with van der Waals surface area (Å²) in [6.07, 6.45) is 3.59.